The van der Waals surface area contributed by atoms with Crippen LogP contribution in [0.4, 0.5) is 0 Å². The Labute approximate surface area is 105 Å². The van der Waals surface area contributed by atoms with Gasteiger partial charge in [-0.2, -0.15) is 0 Å². The van der Waals surface area contributed by atoms with Gasteiger partial charge >= 0.3 is 0 Å². The van der Waals surface area contributed by atoms with Gasteiger partial charge in [-0.15, -0.1) is 10.2 Å². The first-order valence-electron chi connectivity index (χ1n) is 6.40. The molecule has 0 aliphatic heterocycles. The van der Waals surface area contributed by atoms with Gasteiger partial charge in [0.05, 0.1) is 6.54 Å². The minimum absolute atomic E-state index is 0.288. The van der Waals surface area contributed by atoms with E-state index in [0.717, 1.165) is 18.1 Å². The number of nitrogens with zero attached hydrogens (tertiary/aromatic N) is 3. The van der Waals surface area contributed by atoms with E-state index < -0.39 is 0 Å². The van der Waals surface area contributed by atoms with E-state index in [9.17, 15) is 0 Å². The highest BCUT2D eigenvalue weighted by molar-refractivity contribution is 4.99. The number of aromatic nitrogens is 3. The van der Waals surface area contributed by atoms with Crippen LogP contribution in [0.1, 0.15) is 59.2 Å². The van der Waals surface area contributed by atoms with E-state index in [2.05, 4.69) is 56.3 Å². The van der Waals surface area contributed by atoms with Crippen LogP contribution in [0.5, 0.6) is 0 Å². The Balaban J connectivity index is 2.95. The van der Waals surface area contributed by atoms with E-state index in [1.54, 1.807) is 0 Å². The van der Waals surface area contributed by atoms with Crippen molar-refractivity contribution in [3.8, 4) is 0 Å². The number of hydrogen-bond acceptors (Lipinski definition) is 3. The Morgan fingerprint density at radius 3 is 2.06 bits per heavy atom. The van der Waals surface area contributed by atoms with Crippen LogP contribution < -0.4 is 5.73 Å². The molecule has 17 heavy (non-hydrogen) atoms. The van der Waals surface area contributed by atoms with Crippen LogP contribution in [0.3, 0.4) is 0 Å². The van der Waals surface area contributed by atoms with E-state index >= 15 is 0 Å². The van der Waals surface area contributed by atoms with Gasteiger partial charge < -0.3 is 10.3 Å². The molecule has 1 unspecified atom stereocenters. The van der Waals surface area contributed by atoms with Crippen molar-refractivity contribution in [1.82, 2.24) is 14.8 Å². The lowest BCUT2D eigenvalue weighted by molar-refractivity contribution is 0.253. The topological polar surface area (TPSA) is 56.7 Å². The Hall–Kier alpha value is -0.900. The first kappa shape index (κ1) is 14.2. The summed E-state index contributed by atoms with van der Waals surface area (Å²) in [5.74, 6) is 2.51. The molecule has 98 valence electrons. The third-order valence-corrected chi connectivity index (χ3v) is 3.50. The number of hydrogen-bond donors (Lipinski definition) is 1. The molecule has 4 heteroatoms. The molecule has 0 aromatic carbocycles. The summed E-state index contributed by atoms with van der Waals surface area (Å²) < 4.78 is 2.17. The van der Waals surface area contributed by atoms with Crippen LogP contribution in [0.2, 0.25) is 0 Å². The molecule has 2 N–H and O–H groups in total. The zero-order valence-corrected chi connectivity index (χ0v) is 12.0. The molecule has 1 heterocycles. The molecule has 0 saturated heterocycles. The Kier molecular flexibility index (Phi) is 4.31. The number of nitrogens with two attached hydrogens (primary N) is 1. The maximum Gasteiger partial charge on any atom is 0.147 e. The predicted molar refractivity (Wildman–Crippen MR) is 70.6 cm³/mol. The maximum atomic E-state index is 5.70. The summed E-state index contributed by atoms with van der Waals surface area (Å²) in [6, 6.07) is 0.366. The standard InChI is InChI=1S/C13H26N4/c1-9(2)17-11(15-16-12(17)8-14)7-10(3)13(4,5)6/h9-10H,7-8,14H2,1-6H3. The Morgan fingerprint density at radius 1 is 1.12 bits per heavy atom. The highest BCUT2D eigenvalue weighted by atomic mass is 15.3. The van der Waals surface area contributed by atoms with E-state index in [0.29, 0.717) is 18.5 Å². The van der Waals surface area contributed by atoms with E-state index in [1.165, 1.54) is 0 Å². The molecule has 0 spiro atoms. The SMILES string of the molecule is CC(C)n1c(CN)nnc1CC(C)C(C)(C)C. The van der Waals surface area contributed by atoms with Crippen molar-refractivity contribution in [3.05, 3.63) is 11.6 Å². The van der Waals surface area contributed by atoms with Gasteiger partial charge in [-0.05, 0) is 25.2 Å². The average Bonchev–Trinajstić information content (AvgIpc) is 2.59. The molecule has 4 nitrogen and oxygen atoms in total. The molecule has 1 aromatic heterocycles. The van der Waals surface area contributed by atoms with Crippen molar-refractivity contribution in [2.75, 3.05) is 0 Å². The molecule has 1 rings (SSSR count). The molecule has 0 saturated carbocycles. The van der Waals surface area contributed by atoms with Crippen molar-refractivity contribution in [2.24, 2.45) is 17.1 Å². The molecular formula is C13H26N4. The van der Waals surface area contributed by atoms with Crippen LogP contribution >= 0.6 is 0 Å². The third-order valence-electron chi connectivity index (χ3n) is 3.50. The van der Waals surface area contributed by atoms with Crippen molar-refractivity contribution in [1.29, 1.82) is 0 Å². The van der Waals surface area contributed by atoms with Gasteiger partial charge in [0, 0.05) is 12.5 Å². The quantitative estimate of drug-likeness (QED) is 0.877. The molecule has 0 aliphatic carbocycles. The predicted octanol–water partition coefficient (Wildman–Crippen LogP) is 2.54. The summed E-state index contributed by atoms with van der Waals surface area (Å²) in [5, 5.41) is 8.47. The monoisotopic (exact) mass is 238 g/mol. The molecule has 1 atom stereocenters. The fourth-order valence-corrected chi connectivity index (χ4v) is 1.82. The second-order valence-corrected chi connectivity index (χ2v) is 6.17. The summed E-state index contributed by atoms with van der Waals surface area (Å²) in [6.45, 7) is 13.8. The second kappa shape index (κ2) is 5.17. The summed E-state index contributed by atoms with van der Waals surface area (Å²) in [6.07, 6.45) is 0.953. The highest BCUT2D eigenvalue weighted by Gasteiger charge is 2.23. The minimum atomic E-state index is 0.288. The fourth-order valence-electron chi connectivity index (χ4n) is 1.82. The normalized spacial score (nSPS) is 14.4. The van der Waals surface area contributed by atoms with Gasteiger partial charge in [0.25, 0.3) is 0 Å². The summed E-state index contributed by atoms with van der Waals surface area (Å²) >= 11 is 0. The smallest absolute Gasteiger partial charge is 0.147 e. The molecule has 0 fully saturated rings. The number of rotatable bonds is 4. The first-order chi connectivity index (χ1) is 7.77. The average molecular weight is 238 g/mol. The van der Waals surface area contributed by atoms with Gasteiger partial charge in [-0.1, -0.05) is 27.7 Å². The first-order valence-corrected chi connectivity index (χ1v) is 6.40. The van der Waals surface area contributed by atoms with Crippen molar-refractivity contribution in [3.63, 3.8) is 0 Å². The summed E-state index contributed by atoms with van der Waals surface area (Å²) in [4.78, 5) is 0. The Bertz CT molecular complexity index is 360. The second-order valence-electron chi connectivity index (χ2n) is 6.17. The van der Waals surface area contributed by atoms with Crippen LogP contribution in [0, 0.1) is 11.3 Å². The summed E-state index contributed by atoms with van der Waals surface area (Å²) in [7, 11) is 0. The maximum absolute atomic E-state index is 5.70. The largest absolute Gasteiger partial charge is 0.324 e. The molecular weight excluding hydrogens is 212 g/mol. The van der Waals surface area contributed by atoms with Gasteiger partial charge in [0.15, 0.2) is 0 Å². The fraction of sp³-hybridized carbons (Fsp3) is 0.846. The van der Waals surface area contributed by atoms with Crippen LogP contribution in [0.25, 0.3) is 0 Å². The van der Waals surface area contributed by atoms with Gasteiger partial charge in [0.1, 0.15) is 11.6 Å². The van der Waals surface area contributed by atoms with Crippen molar-refractivity contribution >= 4 is 0 Å². The highest BCUT2D eigenvalue weighted by Crippen LogP contribution is 2.28. The zero-order chi connectivity index (χ0) is 13.2. The van der Waals surface area contributed by atoms with Crippen molar-refractivity contribution < 1.29 is 0 Å². The van der Waals surface area contributed by atoms with E-state index in [-0.39, 0.29) is 5.41 Å². The van der Waals surface area contributed by atoms with Gasteiger partial charge in [-0.25, -0.2) is 0 Å². The molecule has 0 amide bonds. The summed E-state index contributed by atoms with van der Waals surface area (Å²) in [5.41, 5.74) is 5.98. The Morgan fingerprint density at radius 2 is 1.65 bits per heavy atom. The van der Waals surface area contributed by atoms with E-state index in [1.807, 2.05) is 0 Å². The van der Waals surface area contributed by atoms with Gasteiger partial charge in [-0.3, -0.25) is 0 Å². The van der Waals surface area contributed by atoms with Crippen LogP contribution in [-0.2, 0) is 13.0 Å². The minimum Gasteiger partial charge on any atom is -0.324 e. The lowest BCUT2D eigenvalue weighted by Gasteiger charge is -2.27. The lowest BCUT2D eigenvalue weighted by atomic mass is 9.80. The van der Waals surface area contributed by atoms with Crippen LogP contribution in [-0.4, -0.2) is 14.8 Å². The molecule has 1 aromatic rings. The van der Waals surface area contributed by atoms with Crippen LogP contribution in [0.15, 0.2) is 0 Å². The van der Waals surface area contributed by atoms with Gasteiger partial charge in [0.2, 0.25) is 0 Å². The zero-order valence-electron chi connectivity index (χ0n) is 12.0. The lowest BCUT2D eigenvalue weighted by Crippen LogP contribution is -2.22. The molecule has 0 aliphatic rings. The molecule has 0 bridgehead atoms. The van der Waals surface area contributed by atoms with Crippen molar-refractivity contribution in [2.45, 2.75) is 60.5 Å². The van der Waals surface area contributed by atoms with E-state index in [4.69, 9.17) is 5.73 Å². The molecule has 0 radical (unpaired) electrons. The third kappa shape index (κ3) is 3.28.